The third-order valence-electron chi connectivity index (χ3n) is 3.14. The normalized spacial score (nSPS) is 11.2. The molecule has 22 heavy (non-hydrogen) atoms. The van der Waals surface area contributed by atoms with Gasteiger partial charge in [-0.15, -0.1) is 0 Å². The molecule has 0 bridgehead atoms. The molecule has 0 spiro atoms. The van der Waals surface area contributed by atoms with E-state index < -0.39 is 0 Å². The Morgan fingerprint density at radius 2 is 1.95 bits per heavy atom. The first-order chi connectivity index (χ1) is 10.6. The number of nitrogens with zero attached hydrogens (tertiary/aromatic N) is 2. The van der Waals surface area contributed by atoms with Crippen molar-refractivity contribution >= 4 is 34.5 Å². The fraction of sp³-hybridized carbons (Fsp3) is 0.0588. The Hall–Kier alpha value is -2.15. The van der Waals surface area contributed by atoms with Crippen LogP contribution in [0.5, 0.6) is 5.95 Å². The molecule has 3 rings (SSSR count). The molecule has 0 fully saturated rings. The van der Waals surface area contributed by atoms with Crippen LogP contribution in [-0.2, 0) is 0 Å². The Balaban J connectivity index is 1.90. The number of halogens is 1. The number of aliphatic imine (C=N–C) groups is 1. The molecular formula is C17H13IN2O2. The highest BCUT2D eigenvalue weighted by molar-refractivity contribution is 14.1. The van der Waals surface area contributed by atoms with E-state index in [2.05, 4.69) is 32.6 Å². The Morgan fingerprint density at radius 1 is 1.18 bits per heavy atom. The SMILES string of the molecule is Cc1cc(I)ccc1N=Cc1nc(-c2ccccc2)oc1O. The van der Waals surface area contributed by atoms with Gasteiger partial charge < -0.3 is 9.52 Å². The molecule has 0 aliphatic rings. The van der Waals surface area contributed by atoms with Crippen molar-refractivity contribution in [2.45, 2.75) is 6.92 Å². The van der Waals surface area contributed by atoms with E-state index in [4.69, 9.17) is 4.42 Å². The number of aryl methyl sites for hydroxylation is 1. The molecule has 5 heteroatoms. The van der Waals surface area contributed by atoms with Gasteiger partial charge in [0.1, 0.15) is 0 Å². The predicted octanol–water partition coefficient (Wildman–Crippen LogP) is 4.71. The first-order valence-electron chi connectivity index (χ1n) is 6.69. The van der Waals surface area contributed by atoms with E-state index in [9.17, 15) is 5.11 Å². The first kappa shape index (κ1) is 14.8. The third-order valence-corrected chi connectivity index (χ3v) is 3.81. The minimum atomic E-state index is -0.231. The number of hydrogen-bond donors (Lipinski definition) is 1. The van der Waals surface area contributed by atoms with Gasteiger partial charge in [0, 0.05) is 9.13 Å². The van der Waals surface area contributed by atoms with Gasteiger partial charge in [-0.1, -0.05) is 18.2 Å². The molecule has 1 aromatic heterocycles. The van der Waals surface area contributed by atoms with Crippen molar-refractivity contribution in [3.63, 3.8) is 0 Å². The summed E-state index contributed by atoms with van der Waals surface area (Å²) in [6.45, 7) is 1.99. The molecule has 0 aliphatic heterocycles. The van der Waals surface area contributed by atoms with E-state index in [1.807, 2.05) is 55.5 Å². The average molecular weight is 404 g/mol. The minimum absolute atomic E-state index is 0.231. The van der Waals surface area contributed by atoms with Crippen LogP contribution in [0.3, 0.4) is 0 Å². The van der Waals surface area contributed by atoms with Gasteiger partial charge in [0.15, 0.2) is 5.69 Å². The number of oxazole rings is 1. The molecule has 4 nitrogen and oxygen atoms in total. The van der Waals surface area contributed by atoms with E-state index in [0.717, 1.165) is 20.4 Å². The van der Waals surface area contributed by atoms with Crippen molar-refractivity contribution in [1.82, 2.24) is 4.98 Å². The van der Waals surface area contributed by atoms with Gasteiger partial charge in [0.2, 0.25) is 5.89 Å². The zero-order valence-corrected chi connectivity index (χ0v) is 14.0. The van der Waals surface area contributed by atoms with Crippen molar-refractivity contribution in [1.29, 1.82) is 0 Å². The molecular weight excluding hydrogens is 391 g/mol. The minimum Gasteiger partial charge on any atom is -0.479 e. The number of aromatic hydroxyl groups is 1. The summed E-state index contributed by atoms with van der Waals surface area (Å²) >= 11 is 2.26. The largest absolute Gasteiger partial charge is 0.479 e. The van der Waals surface area contributed by atoms with Gasteiger partial charge in [0.05, 0.1) is 11.9 Å². The Bertz CT molecular complexity index is 826. The van der Waals surface area contributed by atoms with Crippen molar-refractivity contribution in [2.24, 2.45) is 4.99 Å². The Kier molecular flexibility index (Phi) is 4.24. The van der Waals surface area contributed by atoms with Crippen LogP contribution in [0.1, 0.15) is 11.3 Å². The second-order valence-electron chi connectivity index (χ2n) is 4.76. The highest BCUT2D eigenvalue weighted by atomic mass is 127. The maximum atomic E-state index is 9.86. The van der Waals surface area contributed by atoms with E-state index in [1.165, 1.54) is 6.21 Å². The molecule has 1 N–H and O–H groups in total. The maximum absolute atomic E-state index is 9.86. The third kappa shape index (κ3) is 3.19. The molecule has 0 radical (unpaired) electrons. The summed E-state index contributed by atoms with van der Waals surface area (Å²) in [4.78, 5) is 8.65. The van der Waals surface area contributed by atoms with E-state index in [0.29, 0.717) is 11.6 Å². The highest BCUT2D eigenvalue weighted by Crippen LogP contribution is 2.26. The van der Waals surface area contributed by atoms with Crippen LogP contribution >= 0.6 is 22.6 Å². The second kappa shape index (κ2) is 6.31. The van der Waals surface area contributed by atoms with Crippen LogP contribution in [0.15, 0.2) is 57.9 Å². The van der Waals surface area contributed by atoms with E-state index in [-0.39, 0.29) is 5.95 Å². The Morgan fingerprint density at radius 3 is 2.68 bits per heavy atom. The molecule has 0 saturated carbocycles. The van der Waals surface area contributed by atoms with Crippen LogP contribution in [-0.4, -0.2) is 16.3 Å². The van der Waals surface area contributed by atoms with Crippen molar-refractivity contribution in [2.75, 3.05) is 0 Å². The van der Waals surface area contributed by atoms with Crippen molar-refractivity contribution in [3.8, 4) is 17.4 Å². The van der Waals surface area contributed by atoms with Crippen LogP contribution in [0.2, 0.25) is 0 Å². The summed E-state index contributed by atoms with van der Waals surface area (Å²) in [5.41, 5.74) is 3.03. The summed E-state index contributed by atoms with van der Waals surface area (Å²) in [7, 11) is 0. The van der Waals surface area contributed by atoms with Crippen LogP contribution in [0.25, 0.3) is 11.5 Å². The number of hydrogen-bond acceptors (Lipinski definition) is 4. The molecule has 1 heterocycles. The molecule has 0 unspecified atom stereocenters. The smallest absolute Gasteiger partial charge is 0.312 e. The summed E-state index contributed by atoms with van der Waals surface area (Å²) < 4.78 is 6.45. The molecule has 3 aromatic rings. The lowest BCUT2D eigenvalue weighted by Crippen LogP contribution is -1.84. The molecule has 0 atom stereocenters. The Labute approximate surface area is 141 Å². The molecule has 110 valence electrons. The van der Waals surface area contributed by atoms with Crippen molar-refractivity contribution < 1.29 is 9.52 Å². The molecule has 2 aromatic carbocycles. The summed E-state index contributed by atoms with van der Waals surface area (Å²) in [5, 5.41) is 9.86. The summed E-state index contributed by atoms with van der Waals surface area (Å²) in [5.74, 6) is 0.143. The maximum Gasteiger partial charge on any atom is 0.312 e. The monoisotopic (exact) mass is 404 g/mol. The number of aromatic nitrogens is 1. The van der Waals surface area contributed by atoms with Gasteiger partial charge in [-0.3, -0.25) is 4.99 Å². The van der Waals surface area contributed by atoms with Gasteiger partial charge in [-0.25, -0.2) is 4.98 Å². The quantitative estimate of drug-likeness (QED) is 0.508. The lowest BCUT2D eigenvalue weighted by Gasteiger charge is -1.99. The molecule has 0 saturated heterocycles. The topological polar surface area (TPSA) is 58.6 Å². The molecule has 0 aliphatic carbocycles. The summed E-state index contributed by atoms with van der Waals surface area (Å²) in [6, 6.07) is 15.4. The fourth-order valence-corrected chi connectivity index (χ4v) is 2.65. The second-order valence-corrected chi connectivity index (χ2v) is 6.01. The lowest BCUT2D eigenvalue weighted by atomic mass is 10.2. The standard InChI is InChI=1S/C17H13IN2O2/c1-11-9-13(18)7-8-14(11)19-10-15-17(21)22-16(20-15)12-5-3-2-4-6-12/h2-10,21H,1H3. The van der Waals surface area contributed by atoms with Crippen LogP contribution in [0.4, 0.5) is 5.69 Å². The average Bonchev–Trinajstić information content (AvgIpc) is 2.88. The molecule has 0 amide bonds. The van der Waals surface area contributed by atoms with Gasteiger partial charge in [-0.2, -0.15) is 0 Å². The van der Waals surface area contributed by atoms with E-state index >= 15 is 0 Å². The van der Waals surface area contributed by atoms with Gasteiger partial charge >= 0.3 is 5.95 Å². The van der Waals surface area contributed by atoms with Crippen molar-refractivity contribution in [3.05, 3.63) is 63.4 Å². The zero-order chi connectivity index (χ0) is 15.5. The summed E-state index contributed by atoms with van der Waals surface area (Å²) in [6.07, 6.45) is 1.51. The number of benzene rings is 2. The van der Waals surface area contributed by atoms with E-state index in [1.54, 1.807) is 0 Å². The zero-order valence-electron chi connectivity index (χ0n) is 11.8. The number of rotatable bonds is 3. The predicted molar refractivity (Wildman–Crippen MR) is 94.8 cm³/mol. The highest BCUT2D eigenvalue weighted by Gasteiger charge is 2.12. The fourth-order valence-electron chi connectivity index (χ4n) is 2.01. The first-order valence-corrected chi connectivity index (χ1v) is 7.77. The van der Waals surface area contributed by atoms with Gasteiger partial charge in [0.25, 0.3) is 0 Å². The van der Waals surface area contributed by atoms with Crippen LogP contribution in [0, 0.1) is 10.5 Å². The van der Waals surface area contributed by atoms with Crippen LogP contribution < -0.4 is 0 Å². The van der Waals surface area contributed by atoms with Gasteiger partial charge in [-0.05, 0) is 65.4 Å². The lowest BCUT2D eigenvalue weighted by molar-refractivity contribution is 0.337.